The fourth-order valence-electron chi connectivity index (χ4n) is 2.57. The zero-order valence-electron chi connectivity index (χ0n) is 14.8. The number of nitrogens with zero attached hydrogens (tertiary/aromatic N) is 6. The Morgan fingerprint density at radius 3 is 2.52 bits per heavy atom. The van der Waals surface area contributed by atoms with Gasteiger partial charge < -0.3 is 4.90 Å². The van der Waals surface area contributed by atoms with Crippen LogP contribution in [0.1, 0.15) is 5.56 Å². The van der Waals surface area contributed by atoms with Gasteiger partial charge in [-0.15, -0.1) is 5.10 Å². The number of carbonyl (C=O) groups is 1. The van der Waals surface area contributed by atoms with Crippen LogP contribution in [0.2, 0.25) is 0 Å². The molecule has 0 bridgehead atoms. The summed E-state index contributed by atoms with van der Waals surface area (Å²) in [5.74, 6) is 0.161. The van der Waals surface area contributed by atoms with Crippen molar-refractivity contribution in [2.24, 2.45) is 7.05 Å². The summed E-state index contributed by atoms with van der Waals surface area (Å²) in [7, 11) is -1.80. The largest absolute Gasteiger partial charge is 0.339 e. The van der Waals surface area contributed by atoms with E-state index in [1.165, 1.54) is 26.2 Å². The maximum absolute atomic E-state index is 12.5. The van der Waals surface area contributed by atoms with E-state index in [1.807, 2.05) is 30.3 Å². The highest BCUT2D eigenvalue weighted by Crippen LogP contribution is 2.15. The Morgan fingerprint density at radius 2 is 1.89 bits per heavy atom. The molecule has 1 amide bonds. The molecule has 0 spiro atoms. The van der Waals surface area contributed by atoms with Crippen LogP contribution in [0.3, 0.4) is 0 Å². The predicted octanol–water partition coefficient (Wildman–Crippen LogP) is 0.447. The monoisotopic (exact) mass is 408 g/mol. The molecule has 0 N–H and O–H groups in total. The van der Waals surface area contributed by atoms with Crippen molar-refractivity contribution < 1.29 is 13.2 Å². The lowest BCUT2D eigenvalue weighted by Gasteiger charge is -2.33. The van der Waals surface area contributed by atoms with E-state index in [9.17, 15) is 13.2 Å². The average molecular weight is 409 g/mol. The molecule has 0 aliphatic carbocycles. The van der Waals surface area contributed by atoms with Crippen LogP contribution in [-0.2, 0) is 21.9 Å². The molecule has 1 aromatic carbocycles. The van der Waals surface area contributed by atoms with Gasteiger partial charge in [-0.3, -0.25) is 4.79 Å². The zero-order valence-corrected chi connectivity index (χ0v) is 16.4. The molecule has 0 unspecified atom stereocenters. The molecule has 0 saturated carbocycles. The van der Waals surface area contributed by atoms with Gasteiger partial charge in [0.25, 0.3) is 0 Å². The van der Waals surface area contributed by atoms with E-state index in [4.69, 9.17) is 0 Å². The van der Waals surface area contributed by atoms with Crippen molar-refractivity contribution in [3.63, 3.8) is 0 Å². The minimum atomic E-state index is -3.50. The van der Waals surface area contributed by atoms with Gasteiger partial charge >= 0.3 is 0 Å². The Bertz CT molecular complexity index is 905. The van der Waals surface area contributed by atoms with Crippen LogP contribution >= 0.6 is 11.8 Å². The highest BCUT2D eigenvalue weighted by molar-refractivity contribution is 7.99. The lowest BCUT2D eigenvalue weighted by molar-refractivity contribution is -0.129. The van der Waals surface area contributed by atoms with Gasteiger partial charge in [-0.05, 0) is 22.1 Å². The molecule has 2 aromatic rings. The first kappa shape index (κ1) is 19.5. The van der Waals surface area contributed by atoms with E-state index in [-0.39, 0.29) is 24.7 Å². The highest BCUT2D eigenvalue weighted by Gasteiger charge is 2.27. The molecule has 144 valence electrons. The topological polar surface area (TPSA) is 101 Å². The van der Waals surface area contributed by atoms with Crippen LogP contribution in [-0.4, -0.2) is 75.7 Å². The van der Waals surface area contributed by atoms with Crippen LogP contribution in [0.4, 0.5) is 0 Å². The second-order valence-corrected chi connectivity index (χ2v) is 8.67. The fourth-order valence-corrected chi connectivity index (χ4v) is 4.49. The van der Waals surface area contributed by atoms with Crippen LogP contribution in [0.5, 0.6) is 0 Å². The molecule has 1 aliphatic rings. The molecular formula is C16H20N6O3S2. The van der Waals surface area contributed by atoms with Crippen molar-refractivity contribution in [3.8, 4) is 0 Å². The maximum Gasteiger partial charge on any atom is 0.236 e. The first-order chi connectivity index (χ1) is 13.0. The number of sulfonamides is 1. The predicted molar refractivity (Wildman–Crippen MR) is 102 cm³/mol. The van der Waals surface area contributed by atoms with Gasteiger partial charge in [0.05, 0.1) is 5.75 Å². The third kappa shape index (κ3) is 5.15. The SMILES string of the molecule is Cn1nnnc1SCC(=O)N1CCN(S(=O)(=O)/C=C/c2ccccc2)CC1. The molecule has 1 aliphatic heterocycles. The number of benzene rings is 1. The molecule has 27 heavy (non-hydrogen) atoms. The van der Waals surface area contributed by atoms with Crippen LogP contribution < -0.4 is 0 Å². The van der Waals surface area contributed by atoms with E-state index >= 15 is 0 Å². The van der Waals surface area contributed by atoms with Gasteiger partial charge in [-0.2, -0.15) is 4.31 Å². The Hall–Kier alpha value is -2.24. The van der Waals surface area contributed by atoms with E-state index in [2.05, 4.69) is 15.5 Å². The number of hydrogen-bond donors (Lipinski definition) is 0. The highest BCUT2D eigenvalue weighted by atomic mass is 32.2. The molecule has 0 radical (unpaired) electrons. The van der Waals surface area contributed by atoms with Gasteiger partial charge in [0.1, 0.15) is 0 Å². The first-order valence-electron chi connectivity index (χ1n) is 8.32. The molecule has 1 fully saturated rings. The smallest absolute Gasteiger partial charge is 0.236 e. The summed E-state index contributed by atoms with van der Waals surface area (Å²) in [4.78, 5) is 14.0. The van der Waals surface area contributed by atoms with Crippen LogP contribution in [0, 0.1) is 0 Å². The van der Waals surface area contributed by atoms with E-state index in [0.717, 1.165) is 5.56 Å². The average Bonchev–Trinajstić information content (AvgIpc) is 3.10. The number of thioether (sulfide) groups is 1. The van der Waals surface area contributed by atoms with Crippen LogP contribution in [0.15, 0.2) is 40.9 Å². The number of piperazine rings is 1. The summed E-state index contributed by atoms with van der Waals surface area (Å²) in [5.41, 5.74) is 0.824. The molecule has 2 heterocycles. The number of aryl methyl sites for hydroxylation is 1. The van der Waals surface area contributed by atoms with Crippen molar-refractivity contribution >= 4 is 33.8 Å². The second-order valence-electron chi connectivity index (χ2n) is 5.91. The normalized spacial score (nSPS) is 16.1. The summed E-state index contributed by atoms with van der Waals surface area (Å²) in [5, 5.41) is 12.8. The molecule has 1 aromatic heterocycles. The van der Waals surface area contributed by atoms with E-state index in [1.54, 1.807) is 18.0 Å². The number of amides is 1. The quantitative estimate of drug-likeness (QED) is 0.640. The lowest BCUT2D eigenvalue weighted by Crippen LogP contribution is -2.50. The Kier molecular flexibility index (Phi) is 6.24. The summed E-state index contributed by atoms with van der Waals surface area (Å²) in [6.45, 7) is 1.30. The number of aromatic nitrogens is 4. The molecule has 9 nitrogen and oxygen atoms in total. The summed E-state index contributed by atoms with van der Waals surface area (Å²) < 4.78 is 27.8. The zero-order chi connectivity index (χ0) is 19.3. The van der Waals surface area contributed by atoms with Crippen molar-refractivity contribution in [3.05, 3.63) is 41.3 Å². The number of rotatable bonds is 6. The summed E-state index contributed by atoms with van der Waals surface area (Å²) in [6, 6.07) is 9.26. The molecule has 3 rings (SSSR count). The van der Waals surface area contributed by atoms with E-state index in [0.29, 0.717) is 18.2 Å². The van der Waals surface area contributed by atoms with Gasteiger partial charge in [0.15, 0.2) is 0 Å². The second kappa shape index (κ2) is 8.63. The van der Waals surface area contributed by atoms with Gasteiger partial charge in [-0.1, -0.05) is 42.1 Å². The van der Waals surface area contributed by atoms with E-state index < -0.39 is 10.0 Å². The van der Waals surface area contributed by atoms with Crippen molar-refractivity contribution in [1.82, 2.24) is 29.4 Å². The Morgan fingerprint density at radius 1 is 1.19 bits per heavy atom. The lowest BCUT2D eigenvalue weighted by atomic mass is 10.2. The molecular weight excluding hydrogens is 388 g/mol. The van der Waals surface area contributed by atoms with Gasteiger partial charge in [0.2, 0.25) is 21.1 Å². The number of hydrogen-bond acceptors (Lipinski definition) is 7. The fraction of sp³-hybridized carbons (Fsp3) is 0.375. The number of tetrazole rings is 1. The van der Waals surface area contributed by atoms with Gasteiger partial charge in [0, 0.05) is 38.6 Å². The molecule has 0 atom stereocenters. The minimum absolute atomic E-state index is 0.0557. The minimum Gasteiger partial charge on any atom is -0.339 e. The molecule has 1 saturated heterocycles. The van der Waals surface area contributed by atoms with Crippen molar-refractivity contribution in [2.75, 3.05) is 31.9 Å². The Balaban J connectivity index is 1.51. The Labute approximate surface area is 162 Å². The maximum atomic E-state index is 12.5. The first-order valence-corrected chi connectivity index (χ1v) is 10.8. The van der Waals surface area contributed by atoms with Crippen molar-refractivity contribution in [2.45, 2.75) is 5.16 Å². The molecule has 11 heteroatoms. The third-order valence-electron chi connectivity index (χ3n) is 4.09. The standard InChI is InChI=1S/C16H20N6O3S2/c1-20-16(17-18-19-20)26-13-15(23)21-8-10-22(11-9-21)27(24,25)12-7-14-5-3-2-4-6-14/h2-7,12H,8-11,13H2,1H3/b12-7+. The van der Waals surface area contributed by atoms with Crippen LogP contribution in [0.25, 0.3) is 6.08 Å². The summed E-state index contributed by atoms with van der Waals surface area (Å²) >= 11 is 1.26. The van der Waals surface area contributed by atoms with Crippen molar-refractivity contribution in [1.29, 1.82) is 0 Å². The third-order valence-corrected chi connectivity index (χ3v) is 6.65. The summed E-state index contributed by atoms with van der Waals surface area (Å²) in [6.07, 6.45) is 1.58. The van der Waals surface area contributed by atoms with Gasteiger partial charge in [-0.25, -0.2) is 13.1 Å². The number of carbonyl (C=O) groups excluding carboxylic acids is 1.